The van der Waals surface area contributed by atoms with Gasteiger partial charge in [0.05, 0.1) is 18.9 Å². The lowest BCUT2D eigenvalue weighted by molar-refractivity contribution is 0.0320. The first-order valence-electron chi connectivity index (χ1n) is 4.60. The van der Waals surface area contributed by atoms with E-state index in [0.29, 0.717) is 6.61 Å². The summed E-state index contributed by atoms with van der Waals surface area (Å²) in [7, 11) is -0.499. The lowest BCUT2D eigenvalue weighted by Crippen LogP contribution is -2.35. The van der Waals surface area contributed by atoms with Crippen LogP contribution in [0.2, 0.25) is 0 Å². The summed E-state index contributed by atoms with van der Waals surface area (Å²) in [6, 6.07) is 0. The Balaban J connectivity index is 2.54. The molecule has 0 spiro atoms. The molecule has 0 fully saturated rings. The normalized spacial score (nSPS) is 13.9. The molecule has 1 rings (SSSR count). The second-order valence-corrected chi connectivity index (χ2v) is 4.87. The number of nitrogens with one attached hydrogen (secondary N) is 2. The average molecular weight is 249 g/mol. The number of hydrogen-bond acceptors (Lipinski definition) is 5. The van der Waals surface area contributed by atoms with Gasteiger partial charge < -0.3 is 9.47 Å². The largest absolute Gasteiger partial charge is 0.382 e. The molecular weight excluding hydrogens is 234 g/mol. The van der Waals surface area contributed by atoms with Gasteiger partial charge in [-0.2, -0.15) is 5.10 Å². The van der Waals surface area contributed by atoms with Crippen molar-refractivity contribution >= 4 is 10.0 Å². The van der Waals surface area contributed by atoms with E-state index in [2.05, 4.69) is 14.9 Å². The maximum atomic E-state index is 11.7. The summed E-state index contributed by atoms with van der Waals surface area (Å²) in [5.74, 6) is 0. The molecule has 1 atom stereocenters. The van der Waals surface area contributed by atoms with Crippen LogP contribution in [0.5, 0.6) is 0 Å². The lowest BCUT2D eigenvalue weighted by Gasteiger charge is -2.14. The lowest BCUT2D eigenvalue weighted by atomic mass is 10.4. The first-order valence-corrected chi connectivity index (χ1v) is 6.08. The molecule has 0 saturated carbocycles. The fourth-order valence-corrected chi connectivity index (χ4v) is 2.04. The Kier molecular flexibility index (Phi) is 4.87. The van der Waals surface area contributed by atoms with Crippen molar-refractivity contribution in [1.29, 1.82) is 0 Å². The van der Waals surface area contributed by atoms with E-state index in [1.807, 2.05) is 0 Å². The highest BCUT2D eigenvalue weighted by Gasteiger charge is 2.17. The number of H-pyrrole nitrogens is 1. The van der Waals surface area contributed by atoms with Crippen LogP contribution in [0.1, 0.15) is 0 Å². The van der Waals surface area contributed by atoms with E-state index in [-0.39, 0.29) is 17.5 Å². The zero-order valence-corrected chi connectivity index (χ0v) is 9.95. The number of ether oxygens (including phenoxy) is 2. The highest BCUT2D eigenvalue weighted by molar-refractivity contribution is 7.89. The third kappa shape index (κ3) is 3.56. The minimum Gasteiger partial charge on any atom is -0.382 e. The van der Waals surface area contributed by atoms with Gasteiger partial charge in [0.25, 0.3) is 0 Å². The first-order chi connectivity index (χ1) is 7.60. The summed E-state index contributed by atoms with van der Waals surface area (Å²) >= 11 is 0. The summed E-state index contributed by atoms with van der Waals surface area (Å²) in [6.07, 6.45) is 2.23. The van der Waals surface area contributed by atoms with Gasteiger partial charge in [0.2, 0.25) is 10.0 Å². The Morgan fingerprint density at radius 2 is 2.31 bits per heavy atom. The van der Waals surface area contributed by atoms with Crippen LogP contribution < -0.4 is 4.72 Å². The van der Waals surface area contributed by atoms with E-state index in [9.17, 15) is 8.42 Å². The second-order valence-electron chi connectivity index (χ2n) is 3.10. The summed E-state index contributed by atoms with van der Waals surface area (Å²) in [6.45, 7) is 0.474. The highest BCUT2D eigenvalue weighted by atomic mass is 32.2. The van der Waals surface area contributed by atoms with E-state index >= 15 is 0 Å². The number of methoxy groups -OCH3 is 2. The Morgan fingerprint density at radius 3 is 2.81 bits per heavy atom. The molecule has 0 aromatic carbocycles. The second kappa shape index (κ2) is 5.94. The molecule has 0 radical (unpaired) electrons. The van der Waals surface area contributed by atoms with Crippen LogP contribution in [0.4, 0.5) is 0 Å². The first kappa shape index (κ1) is 13.1. The van der Waals surface area contributed by atoms with Gasteiger partial charge in [-0.3, -0.25) is 5.10 Å². The van der Waals surface area contributed by atoms with Gasteiger partial charge in [-0.15, -0.1) is 0 Å². The molecule has 0 saturated heterocycles. The Hall–Kier alpha value is -0.960. The SMILES string of the molecule is COCC(CNS(=O)(=O)c1cn[nH]c1)OC. The number of rotatable bonds is 7. The van der Waals surface area contributed by atoms with E-state index in [1.165, 1.54) is 26.6 Å². The van der Waals surface area contributed by atoms with Crippen LogP contribution in [-0.4, -0.2) is 52.1 Å². The van der Waals surface area contributed by atoms with Crippen molar-refractivity contribution in [2.45, 2.75) is 11.0 Å². The molecular formula is C8H15N3O4S. The number of aromatic amines is 1. The van der Waals surface area contributed by atoms with Gasteiger partial charge in [-0.25, -0.2) is 13.1 Å². The maximum Gasteiger partial charge on any atom is 0.243 e. The van der Waals surface area contributed by atoms with Crippen molar-refractivity contribution in [3.05, 3.63) is 12.4 Å². The molecule has 8 heteroatoms. The van der Waals surface area contributed by atoms with Crippen LogP contribution in [-0.2, 0) is 19.5 Å². The number of aromatic nitrogens is 2. The van der Waals surface area contributed by atoms with Crippen LogP contribution in [0.15, 0.2) is 17.3 Å². The van der Waals surface area contributed by atoms with Crippen LogP contribution in [0, 0.1) is 0 Å². The van der Waals surface area contributed by atoms with Crippen LogP contribution >= 0.6 is 0 Å². The summed E-state index contributed by atoms with van der Waals surface area (Å²) in [5, 5.41) is 6.01. The Morgan fingerprint density at radius 1 is 1.56 bits per heavy atom. The minimum atomic E-state index is -3.52. The van der Waals surface area contributed by atoms with Gasteiger partial charge in [0.1, 0.15) is 4.90 Å². The van der Waals surface area contributed by atoms with Crippen molar-refractivity contribution in [3.8, 4) is 0 Å². The third-order valence-electron chi connectivity index (χ3n) is 1.97. The smallest absolute Gasteiger partial charge is 0.243 e. The molecule has 2 N–H and O–H groups in total. The summed E-state index contributed by atoms with van der Waals surface area (Å²) in [4.78, 5) is 0.0970. The predicted octanol–water partition coefficient (Wildman–Crippen LogP) is -0.651. The zero-order chi connectivity index (χ0) is 12.0. The van der Waals surface area contributed by atoms with Crippen LogP contribution in [0.25, 0.3) is 0 Å². The third-order valence-corrected chi connectivity index (χ3v) is 3.36. The zero-order valence-electron chi connectivity index (χ0n) is 9.13. The molecule has 1 heterocycles. The Labute approximate surface area is 94.2 Å². The van der Waals surface area contributed by atoms with Gasteiger partial charge >= 0.3 is 0 Å². The molecule has 0 aliphatic rings. The molecule has 1 unspecified atom stereocenters. The van der Waals surface area contributed by atoms with Crippen molar-refractivity contribution in [2.75, 3.05) is 27.4 Å². The molecule has 1 aromatic heterocycles. The minimum absolute atomic E-state index is 0.0970. The molecule has 16 heavy (non-hydrogen) atoms. The molecule has 92 valence electrons. The van der Waals surface area contributed by atoms with E-state index in [0.717, 1.165) is 0 Å². The topological polar surface area (TPSA) is 93.3 Å². The van der Waals surface area contributed by atoms with Gasteiger partial charge in [-0.05, 0) is 0 Å². The molecule has 0 aliphatic heterocycles. The number of hydrogen-bond donors (Lipinski definition) is 2. The van der Waals surface area contributed by atoms with Gasteiger partial charge in [0.15, 0.2) is 0 Å². The standard InChI is InChI=1S/C8H15N3O4S/c1-14-6-7(15-2)3-11-16(12,13)8-4-9-10-5-8/h4-5,7,11H,3,6H2,1-2H3,(H,9,10). The van der Waals surface area contributed by atoms with E-state index in [1.54, 1.807) is 0 Å². The Bertz CT molecular complexity index is 389. The molecule has 0 bridgehead atoms. The molecule has 7 nitrogen and oxygen atoms in total. The van der Waals surface area contributed by atoms with E-state index < -0.39 is 10.0 Å². The van der Waals surface area contributed by atoms with Crippen molar-refractivity contribution in [3.63, 3.8) is 0 Å². The highest BCUT2D eigenvalue weighted by Crippen LogP contribution is 2.04. The molecule has 0 aliphatic carbocycles. The summed E-state index contributed by atoms with van der Waals surface area (Å²) in [5.41, 5.74) is 0. The van der Waals surface area contributed by atoms with Gasteiger partial charge in [0, 0.05) is 27.0 Å². The quantitative estimate of drug-likeness (QED) is 0.669. The number of sulfonamides is 1. The van der Waals surface area contributed by atoms with Crippen molar-refractivity contribution < 1.29 is 17.9 Å². The summed E-state index contributed by atoms with van der Waals surface area (Å²) < 4.78 is 35.6. The molecule has 0 amide bonds. The van der Waals surface area contributed by atoms with Gasteiger partial charge in [-0.1, -0.05) is 0 Å². The fourth-order valence-electron chi connectivity index (χ4n) is 1.07. The fraction of sp³-hybridized carbons (Fsp3) is 0.625. The monoisotopic (exact) mass is 249 g/mol. The molecule has 1 aromatic rings. The predicted molar refractivity (Wildman–Crippen MR) is 56.4 cm³/mol. The maximum absolute atomic E-state index is 11.7. The van der Waals surface area contributed by atoms with Crippen molar-refractivity contribution in [2.24, 2.45) is 0 Å². The van der Waals surface area contributed by atoms with E-state index in [4.69, 9.17) is 9.47 Å². The van der Waals surface area contributed by atoms with Crippen LogP contribution in [0.3, 0.4) is 0 Å². The average Bonchev–Trinajstić information content (AvgIpc) is 2.78. The number of nitrogens with zero attached hydrogens (tertiary/aromatic N) is 1. The van der Waals surface area contributed by atoms with Crippen molar-refractivity contribution in [1.82, 2.24) is 14.9 Å².